The van der Waals surface area contributed by atoms with Gasteiger partial charge < -0.3 is 5.32 Å². The van der Waals surface area contributed by atoms with Crippen molar-refractivity contribution in [3.8, 4) is 0 Å². The largest absolute Gasteiger partial charge is 0.358 e. The third-order valence-corrected chi connectivity index (χ3v) is 4.65. The molecule has 1 heterocycles. The van der Waals surface area contributed by atoms with Crippen LogP contribution in [0.25, 0.3) is 0 Å². The summed E-state index contributed by atoms with van der Waals surface area (Å²) in [5.74, 6) is 0.730. The molecular formula is C15H21ClN2S. The van der Waals surface area contributed by atoms with E-state index in [0.29, 0.717) is 5.25 Å². The molecule has 0 bridgehead atoms. The first-order valence-electron chi connectivity index (χ1n) is 6.78. The molecule has 0 spiro atoms. The number of thioether (sulfide) groups is 1. The summed E-state index contributed by atoms with van der Waals surface area (Å²) in [6, 6.07) is 8.16. The Morgan fingerprint density at radius 2 is 2.11 bits per heavy atom. The molecular weight excluding hydrogens is 276 g/mol. The lowest BCUT2D eigenvalue weighted by Gasteiger charge is -2.17. The topological polar surface area (TPSA) is 24.4 Å². The third kappa shape index (κ3) is 4.15. The number of aliphatic imine (C=N–C) groups is 1. The van der Waals surface area contributed by atoms with Crippen molar-refractivity contribution < 1.29 is 0 Å². The van der Waals surface area contributed by atoms with E-state index in [2.05, 4.69) is 37.1 Å². The molecule has 2 unspecified atom stereocenters. The summed E-state index contributed by atoms with van der Waals surface area (Å²) in [6.45, 7) is 7.58. The fraction of sp³-hybridized carbons (Fsp3) is 0.533. The second-order valence-corrected chi connectivity index (χ2v) is 7.10. The van der Waals surface area contributed by atoms with E-state index in [1.54, 1.807) is 0 Å². The van der Waals surface area contributed by atoms with Crippen molar-refractivity contribution in [1.29, 1.82) is 0 Å². The fourth-order valence-electron chi connectivity index (χ4n) is 2.23. The monoisotopic (exact) mass is 296 g/mol. The van der Waals surface area contributed by atoms with Crippen LogP contribution in [0.3, 0.4) is 0 Å². The van der Waals surface area contributed by atoms with Crippen LogP contribution in [0.1, 0.15) is 38.8 Å². The van der Waals surface area contributed by atoms with E-state index < -0.39 is 0 Å². The summed E-state index contributed by atoms with van der Waals surface area (Å²) in [5, 5.41) is 5.96. The average Bonchev–Trinajstić information content (AvgIpc) is 2.76. The molecule has 1 N–H and O–H groups in total. The minimum atomic E-state index is 0.192. The first-order valence-corrected chi connectivity index (χ1v) is 8.04. The molecule has 2 atom stereocenters. The molecule has 0 saturated carbocycles. The van der Waals surface area contributed by atoms with Gasteiger partial charge in [-0.05, 0) is 30.9 Å². The first-order chi connectivity index (χ1) is 9.06. The molecule has 1 aromatic carbocycles. The first kappa shape index (κ1) is 14.7. The molecule has 0 radical (unpaired) electrons. The Balaban J connectivity index is 1.91. The zero-order valence-corrected chi connectivity index (χ0v) is 13.3. The zero-order valence-electron chi connectivity index (χ0n) is 11.7. The van der Waals surface area contributed by atoms with Gasteiger partial charge in [-0.2, -0.15) is 0 Å². The maximum atomic E-state index is 6.22. The Morgan fingerprint density at radius 3 is 2.79 bits per heavy atom. The van der Waals surface area contributed by atoms with Crippen molar-refractivity contribution in [3.63, 3.8) is 0 Å². The summed E-state index contributed by atoms with van der Waals surface area (Å²) >= 11 is 8.08. The lowest BCUT2D eigenvalue weighted by atomic mass is 10.1. The Hall–Kier alpha value is -0.670. The van der Waals surface area contributed by atoms with Crippen molar-refractivity contribution in [1.82, 2.24) is 5.32 Å². The van der Waals surface area contributed by atoms with Gasteiger partial charge in [0.05, 0.1) is 12.6 Å². The molecule has 0 fully saturated rings. The second kappa shape index (κ2) is 6.67. The Morgan fingerprint density at radius 1 is 1.37 bits per heavy atom. The number of benzene rings is 1. The lowest BCUT2D eigenvalue weighted by Crippen LogP contribution is -2.23. The second-order valence-electron chi connectivity index (χ2n) is 5.40. The quantitative estimate of drug-likeness (QED) is 0.884. The van der Waals surface area contributed by atoms with Gasteiger partial charge >= 0.3 is 0 Å². The number of hydrogen-bond donors (Lipinski definition) is 1. The van der Waals surface area contributed by atoms with E-state index in [1.807, 2.05) is 30.0 Å². The molecule has 1 aromatic rings. The smallest absolute Gasteiger partial charge is 0.157 e. The summed E-state index contributed by atoms with van der Waals surface area (Å²) < 4.78 is 0. The minimum Gasteiger partial charge on any atom is -0.358 e. The number of halogens is 1. The van der Waals surface area contributed by atoms with E-state index in [-0.39, 0.29) is 6.04 Å². The normalized spacial score (nSPS) is 20.5. The summed E-state index contributed by atoms with van der Waals surface area (Å²) in [6.07, 6.45) is 1.22. The molecule has 0 aliphatic carbocycles. The minimum absolute atomic E-state index is 0.192. The van der Waals surface area contributed by atoms with Gasteiger partial charge in [-0.15, -0.1) is 0 Å². The van der Waals surface area contributed by atoms with E-state index in [4.69, 9.17) is 11.6 Å². The van der Waals surface area contributed by atoms with Crippen LogP contribution >= 0.6 is 23.4 Å². The molecule has 4 heteroatoms. The van der Waals surface area contributed by atoms with Gasteiger partial charge in [0.1, 0.15) is 0 Å². The molecule has 0 aromatic heterocycles. The van der Waals surface area contributed by atoms with Crippen LogP contribution in [0, 0.1) is 5.92 Å². The number of nitrogens with zero attached hydrogens (tertiary/aromatic N) is 1. The van der Waals surface area contributed by atoms with Crippen LogP contribution in [0.5, 0.6) is 0 Å². The van der Waals surface area contributed by atoms with Crippen molar-refractivity contribution in [2.75, 3.05) is 6.54 Å². The molecule has 1 aliphatic rings. The van der Waals surface area contributed by atoms with Crippen LogP contribution in [0.15, 0.2) is 29.3 Å². The Bertz CT molecular complexity index is 459. The fourth-order valence-corrected chi connectivity index (χ4v) is 3.87. The van der Waals surface area contributed by atoms with Gasteiger partial charge in [0.25, 0.3) is 0 Å². The highest BCUT2D eigenvalue weighted by Gasteiger charge is 2.22. The average molecular weight is 297 g/mol. The molecule has 2 rings (SSSR count). The van der Waals surface area contributed by atoms with Crippen molar-refractivity contribution in [3.05, 3.63) is 34.9 Å². The molecule has 2 nitrogen and oxygen atoms in total. The van der Waals surface area contributed by atoms with E-state index >= 15 is 0 Å². The van der Waals surface area contributed by atoms with Gasteiger partial charge in [0.2, 0.25) is 0 Å². The SMILES string of the molecule is CC(C)CC1CN=C(NC(C)c2ccccc2Cl)S1. The van der Waals surface area contributed by atoms with Gasteiger partial charge in [-0.3, -0.25) is 4.99 Å². The lowest BCUT2D eigenvalue weighted by molar-refractivity contribution is 0.575. The van der Waals surface area contributed by atoms with Crippen molar-refractivity contribution in [2.24, 2.45) is 10.9 Å². The van der Waals surface area contributed by atoms with Crippen LogP contribution < -0.4 is 5.32 Å². The maximum absolute atomic E-state index is 6.22. The number of amidine groups is 1. The predicted octanol–water partition coefficient (Wildman–Crippen LogP) is 4.51. The zero-order chi connectivity index (χ0) is 13.8. The van der Waals surface area contributed by atoms with E-state index in [0.717, 1.165) is 28.2 Å². The molecule has 19 heavy (non-hydrogen) atoms. The Labute approximate surface area is 125 Å². The van der Waals surface area contributed by atoms with Crippen LogP contribution in [-0.4, -0.2) is 17.0 Å². The van der Waals surface area contributed by atoms with Crippen molar-refractivity contribution >= 4 is 28.5 Å². The van der Waals surface area contributed by atoms with Gasteiger partial charge in [0.15, 0.2) is 5.17 Å². The third-order valence-electron chi connectivity index (χ3n) is 3.16. The van der Waals surface area contributed by atoms with Gasteiger partial charge in [-0.1, -0.05) is 55.4 Å². The summed E-state index contributed by atoms with van der Waals surface area (Å²) in [4.78, 5) is 4.59. The number of nitrogens with one attached hydrogen (secondary N) is 1. The highest BCUT2D eigenvalue weighted by Crippen LogP contribution is 2.28. The number of hydrogen-bond acceptors (Lipinski definition) is 3. The summed E-state index contributed by atoms with van der Waals surface area (Å²) in [7, 11) is 0. The van der Waals surface area contributed by atoms with Gasteiger partial charge in [0, 0.05) is 10.3 Å². The van der Waals surface area contributed by atoms with E-state index in [1.165, 1.54) is 6.42 Å². The van der Waals surface area contributed by atoms with Gasteiger partial charge in [-0.25, -0.2) is 0 Å². The predicted molar refractivity (Wildman–Crippen MR) is 86.1 cm³/mol. The summed E-state index contributed by atoms with van der Waals surface area (Å²) in [5.41, 5.74) is 1.12. The van der Waals surface area contributed by atoms with Crippen LogP contribution in [0.4, 0.5) is 0 Å². The van der Waals surface area contributed by atoms with Crippen LogP contribution in [0.2, 0.25) is 5.02 Å². The molecule has 104 valence electrons. The molecule has 1 aliphatic heterocycles. The molecule has 0 amide bonds. The van der Waals surface area contributed by atoms with E-state index in [9.17, 15) is 0 Å². The number of rotatable bonds is 4. The highest BCUT2D eigenvalue weighted by molar-refractivity contribution is 8.14. The maximum Gasteiger partial charge on any atom is 0.157 e. The highest BCUT2D eigenvalue weighted by atomic mass is 35.5. The van der Waals surface area contributed by atoms with Crippen molar-refractivity contribution in [2.45, 2.75) is 38.5 Å². The molecule has 0 saturated heterocycles. The Kier molecular flexibility index (Phi) is 5.17. The van der Waals surface area contributed by atoms with Crippen LogP contribution in [-0.2, 0) is 0 Å². The standard InChI is InChI=1S/C15H21ClN2S/c1-10(2)8-12-9-17-15(19-12)18-11(3)13-6-4-5-7-14(13)16/h4-7,10-12H,8-9H2,1-3H3,(H,17,18).